The van der Waals surface area contributed by atoms with E-state index in [-0.39, 0.29) is 5.91 Å². The van der Waals surface area contributed by atoms with Crippen molar-refractivity contribution in [2.24, 2.45) is 0 Å². The summed E-state index contributed by atoms with van der Waals surface area (Å²) in [6.07, 6.45) is 7.60. The second-order valence-corrected chi connectivity index (χ2v) is 6.67. The van der Waals surface area contributed by atoms with Crippen molar-refractivity contribution >= 4 is 22.4 Å². The molecule has 0 radical (unpaired) electrons. The van der Waals surface area contributed by atoms with Crippen LogP contribution in [0.3, 0.4) is 0 Å². The van der Waals surface area contributed by atoms with Gasteiger partial charge in [0, 0.05) is 17.7 Å². The lowest BCUT2D eigenvalue weighted by Gasteiger charge is -2.00. The zero-order valence-corrected chi connectivity index (χ0v) is 13.5. The highest BCUT2D eigenvalue weighted by molar-refractivity contribution is 7.15. The predicted octanol–water partition coefficient (Wildman–Crippen LogP) is 3.06. The topological polar surface area (TPSA) is 80.9 Å². The lowest BCUT2D eigenvalue weighted by atomic mass is 10.2. The Morgan fingerprint density at radius 3 is 2.95 bits per heavy atom. The number of amides is 1. The number of aromatic nitrogens is 3. The fourth-order valence-electron chi connectivity index (χ4n) is 2.61. The van der Waals surface area contributed by atoms with E-state index < -0.39 is 0 Å². The van der Waals surface area contributed by atoms with Crippen LogP contribution in [0.15, 0.2) is 4.52 Å². The number of aryl methyl sites for hydroxylation is 4. The monoisotopic (exact) mass is 320 g/mol. The summed E-state index contributed by atoms with van der Waals surface area (Å²) in [4.78, 5) is 22.0. The van der Waals surface area contributed by atoms with E-state index in [1.807, 2.05) is 0 Å². The van der Waals surface area contributed by atoms with E-state index >= 15 is 0 Å². The minimum atomic E-state index is 0.000136. The van der Waals surface area contributed by atoms with Crippen molar-refractivity contribution < 1.29 is 9.32 Å². The molecule has 0 fully saturated rings. The SMILES string of the molecule is Cc1noc(CCCC(=O)Nc2nc3c(s2)CCCCC3)n1. The van der Waals surface area contributed by atoms with Gasteiger partial charge >= 0.3 is 0 Å². The molecule has 0 saturated heterocycles. The number of nitrogens with one attached hydrogen (secondary N) is 1. The third kappa shape index (κ3) is 3.91. The number of carbonyl (C=O) groups is 1. The van der Waals surface area contributed by atoms with Crippen LogP contribution in [-0.4, -0.2) is 21.0 Å². The van der Waals surface area contributed by atoms with Gasteiger partial charge in [-0.1, -0.05) is 11.6 Å². The molecule has 0 aliphatic heterocycles. The molecule has 0 bridgehead atoms. The number of anilines is 1. The summed E-state index contributed by atoms with van der Waals surface area (Å²) in [5.74, 6) is 1.22. The largest absolute Gasteiger partial charge is 0.339 e. The highest BCUT2D eigenvalue weighted by atomic mass is 32.1. The molecule has 2 heterocycles. The summed E-state index contributed by atoms with van der Waals surface area (Å²) in [5.41, 5.74) is 1.18. The van der Waals surface area contributed by atoms with E-state index in [9.17, 15) is 4.79 Å². The van der Waals surface area contributed by atoms with E-state index in [0.717, 1.165) is 18.0 Å². The number of hydrogen-bond donors (Lipinski definition) is 1. The number of carbonyl (C=O) groups excluding carboxylic acids is 1. The zero-order valence-electron chi connectivity index (χ0n) is 12.7. The second kappa shape index (κ2) is 7.00. The average molecular weight is 320 g/mol. The van der Waals surface area contributed by atoms with Crippen LogP contribution in [0.4, 0.5) is 5.13 Å². The molecule has 1 N–H and O–H groups in total. The fraction of sp³-hybridized carbons (Fsp3) is 0.600. The van der Waals surface area contributed by atoms with Gasteiger partial charge in [-0.15, -0.1) is 11.3 Å². The van der Waals surface area contributed by atoms with Gasteiger partial charge in [0.05, 0.1) is 5.69 Å². The summed E-state index contributed by atoms with van der Waals surface area (Å²) in [7, 11) is 0. The third-order valence-electron chi connectivity index (χ3n) is 3.71. The quantitative estimate of drug-likeness (QED) is 0.856. The molecule has 0 spiro atoms. The van der Waals surface area contributed by atoms with E-state index in [4.69, 9.17) is 4.52 Å². The Labute approximate surface area is 133 Å². The summed E-state index contributed by atoms with van der Waals surface area (Å²) < 4.78 is 5.03. The Kier molecular flexibility index (Phi) is 4.82. The molecule has 1 aliphatic carbocycles. The van der Waals surface area contributed by atoms with Gasteiger partial charge in [-0.05, 0) is 39.0 Å². The van der Waals surface area contributed by atoms with Crippen molar-refractivity contribution in [2.75, 3.05) is 5.32 Å². The zero-order chi connectivity index (χ0) is 15.4. The van der Waals surface area contributed by atoms with Gasteiger partial charge in [-0.3, -0.25) is 4.79 Å². The third-order valence-corrected chi connectivity index (χ3v) is 4.78. The van der Waals surface area contributed by atoms with Gasteiger partial charge < -0.3 is 9.84 Å². The van der Waals surface area contributed by atoms with Gasteiger partial charge in [-0.2, -0.15) is 4.98 Å². The Bertz CT molecular complexity index is 626. The molecule has 1 amide bonds. The fourth-order valence-corrected chi connectivity index (χ4v) is 3.67. The van der Waals surface area contributed by atoms with E-state index in [1.165, 1.54) is 29.8 Å². The summed E-state index contributed by atoms with van der Waals surface area (Å²) in [6.45, 7) is 1.78. The first-order valence-corrected chi connectivity index (χ1v) is 8.60. The second-order valence-electron chi connectivity index (χ2n) is 5.59. The Hall–Kier alpha value is -1.76. The molecular formula is C15H20N4O2S. The lowest BCUT2D eigenvalue weighted by Crippen LogP contribution is -2.11. The lowest BCUT2D eigenvalue weighted by molar-refractivity contribution is -0.116. The van der Waals surface area contributed by atoms with Gasteiger partial charge in [-0.25, -0.2) is 4.98 Å². The standard InChI is InChI=1S/C15H20N4O2S/c1-10-16-14(21-19-10)9-5-8-13(20)18-15-17-11-6-3-2-4-7-12(11)22-15/h2-9H2,1H3,(H,17,18,20). The van der Waals surface area contributed by atoms with Crippen LogP contribution in [0.25, 0.3) is 0 Å². The maximum absolute atomic E-state index is 12.0. The van der Waals surface area contributed by atoms with Crippen LogP contribution in [0.1, 0.15) is 54.4 Å². The summed E-state index contributed by atoms with van der Waals surface area (Å²) >= 11 is 1.63. The van der Waals surface area contributed by atoms with Crippen LogP contribution >= 0.6 is 11.3 Å². The van der Waals surface area contributed by atoms with Crippen LogP contribution in [0.2, 0.25) is 0 Å². The summed E-state index contributed by atoms with van der Waals surface area (Å²) in [6, 6.07) is 0. The minimum absolute atomic E-state index is 0.000136. The van der Waals surface area contributed by atoms with Crippen molar-refractivity contribution in [1.82, 2.24) is 15.1 Å². The normalized spacial score (nSPS) is 14.4. The molecule has 2 aromatic heterocycles. The highest BCUT2D eigenvalue weighted by Gasteiger charge is 2.15. The number of fused-ring (bicyclic) bond motifs is 1. The Morgan fingerprint density at radius 1 is 1.27 bits per heavy atom. The molecule has 6 nitrogen and oxygen atoms in total. The van der Waals surface area contributed by atoms with Crippen molar-refractivity contribution in [3.63, 3.8) is 0 Å². The molecule has 3 rings (SSSR count). The van der Waals surface area contributed by atoms with Crippen LogP contribution < -0.4 is 5.32 Å². The van der Waals surface area contributed by atoms with E-state index in [0.29, 0.717) is 31.0 Å². The van der Waals surface area contributed by atoms with Crippen molar-refractivity contribution in [3.8, 4) is 0 Å². The first-order valence-electron chi connectivity index (χ1n) is 7.78. The van der Waals surface area contributed by atoms with Crippen molar-refractivity contribution in [3.05, 3.63) is 22.3 Å². The first kappa shape index (κ1) is 15.1. The number of rotatable bonds is 5. The molecule has 0 unspecified atom stereocenters. The maximum atomic E-state index is 12.0. The molecule has 22 heavy (non-hydrogen) atoms. The molecule has 118 valence electrons. The number of nitrogens with zero attached hydrogens (tertiary/aromatic N) is 3. The average Bonchev–Trinajstić information content (AvgIpc) is 2.99. The van der Waals surface area contributed by atoms with Gasteiger partial charge in [0.2, 0.25) is 11.8 Å². The molecule has 1 aliphatic rings. The highest BCUT2D eigenvalue weighted by Crippen LogP contribution is 2.28. The smallest absolute Gasteiger partial charge is 0.226 e. The van der Waals surface area contributed by atoms with Gasteiger partial charge in [0.25, 0.3) is 0 Å². The van der Waals surface area contributed by atoms with E-state index in [2.05, 4.69) is 20.4 Å². The number of thiazole rings is 1. The van der Waals surface area contributed by atoms with Crippen LogP contribution in [0.5, 0.6) is 0 Å². The van der Waals surface area contributed by atoms with Gasteiger partial charge in [0.15, 0.2) is 11.0 Å². The predicted molar refractivity (Wildman–Crippen MR) is 84.0 cm³/mol. The van der Waals surface area contributed by atoms with Crippen molar-refractivity contribution in [2.45, 2.75) is 58.3 Å². The maximum Gasteiger partial charge on any atom is 0.226 e. The Morgan fingerprint density at radius 2 is 2.14 bits per heavy atom. The summed E-state index contributed by atoms with van der Waals surface area (Å²) in [5, 5.41) is 7.39. The number of hydrogen-bond acceptors (Lipinski definition) is 6. The van der Waals surface area contributed by atoms with Crippen LogP contribution in [0, 0.1) is 6.92 Å². The molecule has 0 atom stereocenters. The molecule has 0 aromatic carbocycles. The van der Waals surface area contributed by atoms with Gasteiger partial charge in [0.1, 0.15) is 0 Å². The molecular weight excluding hydrogens is 300 g/mol. The molecule has 2 aromatic rings. The Balaban J connectivity index is 1.47. The minimum Gasteiger partial charge on any atom is -0.339 e. The molecule has 0 saturated carbocycles. The first-order chi connectivity index (χ1) is 10.7. The van der Waals surface area contributed by atoms with Crippen molar-refractivity contribution in [1.29, 1.82) is 0 Å². The van der Waals surface area contributed by atoms with E-state index in [1.54, 1.807) is 18.3 Å². The molecule has 7 heteroatoms. The van der Waals surface area contributed by atoms with Crippen LogP contribution in [-0.2, 0) is 24.1 Å².